The molecule has 1 N–H and O–H groups in total. The third-order valence-corrected chi connectivity index (χ3v) is 4.03. The van der Waals surface area contributed by atoms with Crippen molar-refractivity contribution in [1.82, 2.24) is 10.3 Å². The van der Waals surface area contributed by atoms with Crippen molar-refractivity contribution < 1.29 is 9.53 Å². The highest BCUT2D eigenvalue weighted by atomic mass is 16.5. The summed E-state index contributed by atoms with van der Waals surface area (Å²) in [5, 5.41) is 3.85. The number of amides is 1. The van der Waals surface area contributed by atoms with E-state index < -0.39 is 0 Å². The summed E-state index contributed by atoms with van der Waals surface area (Å²) < 4.78 is 5.24. The molecule has 0 radical (unpaired) electrons. The Morgan fingerprint density at radius 1 is 1.08 bits per heavy atom. The van der Waals surface area contributed by atoms with Crippen LogP contribution in [-0.4, -0.2) is 18.0 Å². The molecule has 1 aromatic heterocycles. The number of carbonyl (C=O) groups is 1. The molecule has 2 aromatic carbocycles. The molecule has 4 nitrogen and oxygen atoms in total. The van der Waals surface area contributed by atoms with Gasteiger partial charge in [0.1, 0.15) is 5.75 Å². The van der Waals surface area contributed by atoms with E-state index in [0.717, 1.165) is 22.2 Å². The summed E-state index contributed by atoms with van der Waals surface area (Å²) in [6.45, 7) is 4.39. The van der Waals surface area contributed by atoms with Crippen LogP contribution >= 0.6 is 0 Å². The third-order valence-electron chi connectivity index (χ3n) is 4.03. The van der Waals surface area contributed by atoms with Crippen LogP contribution in [0.2, 0.25) is 0 Å². The van der Waals surface area contributed by atoms with E-state index in [4.69, 9.17) is 4.74 Å². The lowest BCUT2D eigenvalue weighted by Gasteiger charge is -2.10. The molecule has 0 spiro atoms. The van der Waals surface area contributed by atoms with Crippen LogP contribution in [0.3, 0.4) is 0 Å². The van der Waals surface area contributed by atoms with Crippen molar-refractivity contribution in [2.24, 2.45) is 0 Å². The molecule has 0 bridgehead atoms. The Morgan fingerprint density at radius 2 is 1.83 bits per heavy atom. The van der Waals surface area contributed by atoms with Crippen LogP contribution in [0.5, 0.6) is 5.75 Å². The van der Waals surface area contributed by atoms with Gasteiger partial charge in [-0.3, -0.25) is 9.78 Å². The smallest absolute Gasteiger partial charge is 0.253 e. The van der Waals surface area contributed by atoms with Crippen molar-refractivity contribution in [3.05, 3.63) is 70.9 Å². The number of hydrogen-bond acceptors (Lipinski definition) is 3. The van der Waals surface area contributed by atoms with Gasteiger partial charge in [0.2, 0.25) is 0 Å². The number of fused-ring (bicyclic) bond motifs is 1. The van der Waals surface area contributed by atoms with Crippen molar-refractivity contribution in [2.75, 3.05) is 7.11 Å². The largest absolute Gasteiger partial charge is 0.497 e. The number of methoxy groups -OCH3 is 1. The van der Waals surface area contributed by atoms with Gasteiger partial charge in [-0.25, -0.2) is 0 Å². The maximum absolute atomic E-state index is 12.5. The first-order valence-electron chi connectivity index (χ1n) is 7.86. The first-order chi connectivity index (χ1) is 11.6. The van der Waals surface area contributed by atoms with E-state index in [1.165, 1.54) is 5.56 Å². The van der Waals surface area contributed by atoms with Gasteiger partial charge in [0.15, 0.2) is 0 Å². The van der Waals surface area contributed by atoms with Crippen LogP contribution in [0.1, 0.15) is 27.2 Å². The van der Waals surface area contributed by atoms with Gasteiger partial charge in [0, 0.05) is 11.9 Å². The van der Waals surface area contributed by atoms with Crippen molar-refractivity contribution in [2.45, 2.75) is 20.4 Å². The van der Waals surface area contributed by atoms with Crippen molar-refractivity contribution >= 4 is 16.8 Å². The summed E-state index contributed by atoms with van der Waals surface area (Å²) in [4.78, 5) is 17.0. The predicted molar refractivity (Wildman–Crippen MR) is 95.4 cm³/mol. The lowest BCUT2D eigenvalue weighted by Crippen LogP contribution is -2.24. The Morgan fingerprint density at radius 3 is 2.54 bits per heavy atom. The van der Waals surface area contributed by atoms with E-state index in [0.29, 0.717) is 17.8 Å². The molecule has 0 unspecified atom stereocenters. The Balaban J connectivity index is 1.83. The number of hydrogen-bond donors (Lipinski definition) is 1. The molecular formula is C20H20N2O2. The SMILES string of the molecule is COc1ccc2nc(C)c(C(=O)NCc3ccc(C)cc3)cc2c1. The molecule has 0 atom stereocenters. The van der Waals surface area contributed by atoms with Gasteiger partial charge in [-0.15, -0.1) is 0 Å². The summed E-state index contributed by atoms with van der Waals surface area (Å²) in [6, 6.07) is 15.6. The van der Waals surface area contributed by atoms with Crippen molar-refractivity contribution in [3.63, 3.8) is 0 Å². The summed E-state index contributed by atoms with van der Waals surface area (Å²) in [6.07, 6.45) is 0. The van der Waals surface area contributed by atoms with Crippen LogP contribution in [0.4, 0.5) is 0 Å². The van der Waals surface area contributed by atoms with Crippen molar-refractivity contribution in [1.29, 1.82) is 0 Å². The molecule has 0 aliphatic carbocycles. The summed E-state index contributed by atoms with van der Waals surface area (Å²) in [5.74, 6) is 0.629. The summed E-state index contributed by atoms with van der Waals surface area (Å²) >= 11 is 0. The summed E-state index contributed by atoms with van der Waals surface area (Å²) in [5.41, 5.74) is 4.43. The molecule has 4 heteroatoms. The van der Waals surface area contributed by atoms with E-state index in [1.807, 2.05) is 62.4 Å². The Hall–Kier alpha value is -2.88. The Labute approximate surface area is 141 Å². The zero-order valence-corrected chi connectivity index (χ0v) is 14.1. The van der Waals surface area contributed by atoms with Crippen LogP contribution in [-0.2, 0) is 6.54 Å². The number of benzene rings is 2. The number of nitrogens with one attached hydrogen (secondary N) is 1. The second-order valence-corrected chi connectivity index (χ2v) is 5.85. The van der Waals surface area contributed by atoms with Gasteiger partial charge in [0.25, 0.3) is 5.91 Å². The number of aryl methyl sites for hydroxylation is 2. The molecule has 0 fully saturated rings. The van der Waals surface area contributed by atoms with Crippen LogP contribution < -0.4 is 10.1 Å². The molecule has 0 aliphatic heterocycles. The van der Waals surface area contributed by atoms with E-state index in [1.54, 1.807) is 7.11 Å². The fourth-order valence-corrected chi connectivity index (χ4v) is 2.59. The van der Waals surface area contributed by atoms with Gasteiger partial charge in [-0.2, -0.15) is 0 Å². The molecule has 0 saturated heterocycles. The van der Waals surface area contributed by atoms with Gasteiger partial charge in [0.05, 0.1) is 23.9 Å². The quantitative estimate of drug-likeness (QED) is 0.795. The molecule has 1 amide bonds. The van der Waals surface area contributed by atoms with Crippen molar-refractivity contribution in [3.8, 4) is 5.75 Å². The number of pyridine rings is 1. The standard InChI is InChI=1S/C20H20N2O2/c1-13-4-6-15(7-5-13)12-21-20(23)18-11-16-10-17(24-3)8-9-19(16)22-14(18)2/h4-11H,12H2,1-3H3,(H,21,23). The number of rotatable bonds is 4. The Bertz CT molecular complexity index is 886. The number of ether oxygens (including phenoxy) is 1. The molecule has 122 valence electrons. The van der Waals surface area contributed by atoms with Gasteiger partial charge in [-0.1, -0.05) is 29.8 Å². The zero-order chi connectivity index (χ0) is 17.1. The average molecular weight is 320 g/mol. The highest BCUT2D eigenvalue weighted by Crippen LogP contribution is 2.22. The molecule has 24 heavy (non-hydrogen) atoms. The van der Waals surface area contributed by atoms with Gasteiger partial charge >= 0.3 is 0 Å². The van der Waals surface area contributed by atoms with Gasteiger partial charge < -0.3 is 10.1 Å². The monoisotopic (exact) mass is 320 g/mol. The van der Waals surface area contributed by atoms with Crippen LogP contribution in [0, 0.1) is 13.8 Å². The first-order valence-corrected chi connectivity index (χ1v) is 7.86. The van der Waals surface area contributed by atoms with E-state index in [9.17, 15) is 4.79 Å². The number of nitrogens with zero attached hydrogens (tertiary/aromatic N) is 1. The molecule has 0 aliphatic rings. The second kappa shape index (κ2) is 6.71. The fraction of sp³-hybridized carbons (Fsp3) is 0.200. The van der Waals surface area contributed by atoms with Gasteiger partial charge in [-0.05, 0) is 43.7 Å². The molecule has 1 heterocycles. The number of aromatic nitrogens is 1. The predicted octanol–water partition coefficient (Wildman–Crippen LogP) is 3.79. The normalized spacial score (nSPS) is 10.6. The fourth-order valence-electron chi connectivity index (χ4n) is 2.59. The maximum atomic E-state index is 12.5. The van der Waals surface area contributed by atoms with Crippen LogP contribution in [0.15, 0.2) is 48.5 Å². The Kier molecular flexibility index (Phi) is 4.47. The highest BCUT2D eigenvalue weighted by Gasteiger charge is 2.12. The third kappa shape index (κ3) is 3.38. The maximum Gasteiger partial charge on any atom is 0.253 e. The average Bonchev–Trinajstić information content (AvgIpc) is 2.60. The van der Waals surface area contributed by atoms with E-state index in [-0.39, 0.29) is 5.91 Å². The first kappa shape index (κ1) is 16.0. The highest BCUT2D eigenvalue weighted by molar-refractivity contribution is 5.98. The minimum atomic E-state index is -0.120. The summed E-state index contributed by atoms with van der Waals surface area (Å²) in [7, 11) is 1.62. The van der Waals surface area contributed by atoms with Crippen LogP contribution in [0.25, 0.3) is 10.9 Å². The lowest BCUT2D eigenvalue weighted by atomic mass is 10.1. The second-order valence-electron chi connectivity index (χ2n) is 5.85. The van der Waals surface area contributed by atoms with E-state index in [2.05, 4.69) is 10.3 Å². The lowest BCUT2D eigenvalue weighted by molar-refractivity contribution is 0.0950. The zero-order valence-electron chi connectivity index (χ0n) is 14.1. The minimum Gasteiger partial charge on any atom is -0.497 e. The number of carbonyl (C=O) groups excluding carboxylic acids is 1. The van der Waals surface area contributed by atoms with E-state index >= 15 is 0 Å². The molecule has 3 aromatic rings. The minimum absolute atomic E-state index is 0.120. The molecule has 3 rings (SSSR count). The molecular weight excluding hydrogens is 300 g/mol. The topological polar surface area (TPSA) is 51.2 Å². The molecule has 0 saturated carbocycles.